The highest BCUT2D eigenvalue weighted by molar-refractivity contribution is 8.00. The van der Waals surface area contributed by atoms with E-state index in [1.165, 1.54) is 12.8 Å². The molecular weight excluding hydrogens is 234 g/mol. The van der Waals surface area contributed by atoms with Crippen molar-refractivity contribution >= 4 is 17.7 Å². The average molecular weight is 257 g/mol. The van der Waals surface area contributed by atoms with E-state index in [9.17, 15) is 9.90 Å². The Bertz CT molecular complexity index is 272. The number of nitrogens with zero attached hydrogens (tertiary/aromatic N) is 1. The molecule has 0 bridgehead atoms. The van der Waals surface area contributed by atoms with Crippen molar-refractivity contribution in [3.8, 4) is 0 Å². The Labute approximate surface area is 108 Å². The van der Waals surface area contributed by atoms with E-state index in [1.54, 1.807) is 11.8 Å². The molecule has 1 aliphatic carbocycles. The van der Waals surface area contributed by atoms with Crippen LogP contribution in [0.5, 0.6) is 0 Å². The van der Waals surface area contributed by atoms with Gasteiger partial charge in [-0.25, -0.2) is 0 Å². The van der Waals surface area contributed by atoms with Crippen LogP contribution in [0, 0.1) is 5.92 Å². The number of thioether (sulfide) groups is 1. The fourth-order valence-corrected chi connectivity index (χ4v) is 3.97. The molecule has 3 unspecified atom stereocenters. The van der Waals surface area contributed by atoms with Crippen molar-refractivity contribution in [3.63, 3.8) is 0 Å². The van der Waals surface area contributed by atoms with E-state index in [0.29, 0.717) is 17.7 Å². The molecule has 0 radical (unpaired) electrons. The average Bonchev–Trinajstić information content (AvgIpc) is 2.32. The lowest BCUT2D eigenvalue weighted by molar-refractivity contribution is -0.133. The summed E-state index contributed by atoms with van der Waals surface area (Å²) in [5, 5.41) is 9.84. The molecular formula is C13H23NO2S. The maximum Gasteiger partial charge on any atom is 0.232 e. The van der Waals surface area contributed by atoms with Crippen LogP contribution in [0.1, 0.15) is 39.0 Å². The lowest BCUT2D eigenvalue weighted by atomic mass is 9.79. The fourth-order valence-electron chi connectivity index (χ4n) is 3.16. The quantitative estimate of drug-likeness (QED) is 0.839. The minimum atomic E-state index is -0.199. The van der Waals surface area contributed by atoms with E-state index < -0.39 is 0 Å². The summed E-state index contributed by atoms with van der Waals surface area (Å²) in [6.07, 6.45) is 4.95. The predicted molar refractivity (Wildman–Crippen MR) is 71.1 cm³/mol. The van der Waals surface area contributed by atoms with Gasteiger partial charge >= 0.3 is 0 Å². The molecule has 0 aromatic carbocycles. The summed E-state index contributed by atoms with van der Waals surface area (Å²) < 4.78 is 0. The minimum Gasteiger partial charge on any atom is -0.393 e. The molecule has 1 saturated carbocycles. The maximum absolute atomic E-state index is 12.0. The first-order chi connectivity index (χ1) is 8.22. The number of hydrogen-bond acceptors (Lipinski definition) is 3. The van der Waals surface area contributed by atoms with Gasteiger partial charge in [-0.2, -0.15) is 11.8 Å². The molecule has 98 valence electrons. The standard InChI is InChI=1S/C13H23NO2S/c1-2-3-10-4-5-11(15)8-12(10)14-6-7-17-9-13(14)16/h10-12,15H,2-9H2,1H3. The van der Waals surface area contributed by atoms with Gasteiger partial charge in [0.2, 0.25) is 5.91 Å². The highest BCUT2D eigenvalue weighted by Crippen LogP contribution is 2.33. The Morgan fingerprint density at radius 3 is 3.00 bits per heavy atom. The van der Waals surface area contributed by atoms with Crippen LogP contribution >= 0.6 is 11.8 Å². The first kappa shape index (κ1) is 13.2. The van der Waals surface area contributed by atoms with Gasteiger partial charge in [-0.15, -0.1) is 0 Å². The Hall–Kier alpha value is -0.220. The van der Waals surface area contributed by atoms with Crippen molar-refractivity contribution in [2.45, 2.75) is 51.2 Å². The summed E-state index contributed by atoms with van der Waals surface area (Å²) in [5.41, 5.74) is 0. The molecule has 1 aliphatic heterocycles. The van der Waals surface area contributed by atoms with Crippen LogP contribution in [0.3, 0.4) is 0 Å². The van der Waals surface area contributed by atoms with Crippen LogP contribution in [0.25, 0.3) is 0 Å². The van der Waals surface area contributed by atoms with Crippen molar-refractivity contribution in [3.05, 3.63) is 0 Å². The molecule has 0 aromatic rings. The monoisotopic (exact) mass is 257 g/mol. The van der Waals surface area contributed by atoms with E-state index in [-0.39, 0.29) is 12.0 Å². The van der Waals surface area contributed by atoms with Crippen LogP contribution in [0.15, 0.2) is 0 Å². The van der Waals surface area contributed by atoms with Crippen molar-refractivity contribution in [2.75, 3.05) is 18.1 Å². The van der Waals surface area contributed by atoms with Gasteiger partial charge in [-0.3, -0.25) is 4.79 Å². The zero-order valence-corrected chi connectivity index (χ0v) is 11.4. The largest absolute Gasteiger partial charge is 0.393 e. The Morgan fingerprint density at radius 2 is 2.29 bits per heavy atom. The van der Waals surface area contributed by atoms with Gasteiger partial charge < -0.3 is 10.0 Å². The lowest BCUT2D eigenvalue weighted by Crippen LogP contribution is -2.51. The van der Waals surface area contributed by atoms with Crippen molar-refractivity contribution in [2.24, 2.45) is 5.92 Å². The third kappa shape index (κ3) is 3.16. The van der Waals surface area contributed by atoms with E-state index in [2.05, 4.69) is 11.8 Å². The second kappa shape index (κ2) is 6.10. The van der Waals surface area contributed by atoms with Gasteiger partial charge in [0.05, 0.1) is 11.9 Å². The molecule has 2 rings (SSSR count). The molecule has 1 heterocycles. The van der Waals surface area contributed by atoms with Gasteiger partial charge in [0.25, 0.3) is 0 Å². The number of aliphatic hydroxyl groups is 1. The Kier molecular flexibility index (Phi) is 4.74. The highest BCUT2D eigenvalue weighted by atomic mass is 32.2. The summed E-state index contributed by atoms with van der Waals surface area (Å²) in [6.45, 7) is 3.08. The number of rotatable bonds is 3. The van der Waals surface area contributed by atoms with Crippen LogP contribution < -0.4 is 0 Å². The van der Waals surface area contributed by atoms with Gasteiger partial charge in [0, 0.05) is 18.3 Å². The van der Waals surface area contributed by atoms with Gasteiger partial charge in [-0.1, -0.05) is 13.3 Å². The van der Waals surface area contributed by atoms with Crippen molar-refractivity contribution in [1.29, 1.82) is 0 Å². The van der Waals surface area contributed by atoms with Crippen LogP contribution in [0.2, 0.25) is 0 Å². The third-order valence-electron chi connectivity index (χ3n) is 4.01. The zero-order chi connectivity index (χ0) is 12.3. The van der Waals surface area contributed by atoms with Gasteiger partial charge in [-0.05, 0) is 31.6 Å². The number of carbonyl (C=O) groups is 1. The van der Waals surface area contributed by atoms with Crippen LogP contribution in [0.4, 0.5) is 0 Å². The van der Waals surface area contributed by atoms with E-state index in [1.807, 2.05) is 0 Å². The second-order valence-corrected chi connectivity index (χ2v) is 6.33. The molecule has 2 fully saturated rings. The Morgan fingerprint density at radius 1 is 1.47 bits per heavy atom. The molecule has 0 aromatic heterocycles. The van der Waals surface area contributed by atoms with Crippen molar-refractivity contribution < 1.29 is 9.90 Å². The van der Waals surface area contributed by atoms with Crippen molar-refractivity contribution in [1.82, 2.24) is 4.90 Å². The summed E-state index contributed by atoms with van der Waals surface area (Å²) >= 11 is 1.73. The van der Waals surface area contributed by atoms with E-state index >= 15 is 0 Å². The fraction of sp³-hybridized carbons (Fsp3) is 0.923. The molecule has 1 N–H and O–H groups in total. The summed E-state index contributed by atoms with van der Waals surface area (Å²) in [4.78, 5) is 14.0. The topological polar surface area (TPSA) is 40.5 Å². The minimum absolute atomic E-state index is 0.199. The number of amides is 1. The molecule has 17 heavy (non-hydrogen) atoms. The second-order valence-electron chi connectivity index (χ2n) is 5.22. The highest BCUT2D eigenvalue weighted by Gasteiger charge is 2.36. The first-order valence-corrected chi connectivity index (χ1v) is 7.93. The molecule has 1 amide bonds. The van der Waals surface area contributed by atoms with E-state index in [0.717, 1.165) is 31.6 Å². The zero-order valence-electron chi connectivity index (χ0n) is 10.6. The van der Waals surface area contributed by atoms with Gasteiger partial charge in [0.15, 0.2) is 0 Å². The molecule has 0 spiro atoms. The molecule has 3 atom stereocenters. The Balaban J connectivity index is 2.04. The first-order valence-electron chi connectivity index (χ1n) is 6.77. The SMILES string of the molecule is CCCC1CCC(O)CC1N1CCSCC1=O. The lowest BCUT2D eigenvalue weighted by Gasteiger charge is -2.43. The summed E-state index contributed by atoms with van der Waals surface area (Å²) in [5.74, 6) is 2.57. The summed E-state index contributed by atoms with van der Waals surface area (Å²) in [6, 6.07) is 0.298. The number of aliphatic hydroxyl groups excluding tert-OH is 1. The molecule has 4 heteroatoms. The predicted octanol–water partition coefficient (Wildman–Crippen LogP) is 1.89. The molecule has 2 aliphatic rings. The van der Waals surface area contributed by atoms with E-state index in [4.69, 9.17) is 0 Å². The van der Waals surface area contributed by atoms with Gasteiger partial charge in [0.1, 0.15) is 0 Å². The van der Waals surface area contributed by atoms with Crippen LogP contribution in [-0.2, 0) is 4.79 Å². The smallest absolute Gasteiger partial charge is 0.232 e. The number of carbonyl (C=O) groups excluding carboxylic acids is 1. The normalized spacial score (nSPS) is 35.1. The molecule has 1 saturated heterocycles. The number of hydrogen-bond donors (Lipinski definition) is 1. The van der Waals surface area contributed by atoms with Crippen LogP contribution in [-0.4, -0.2) is 46.1 Å². The third-order valence-corrected chi connectivity index (χ3v) is 4.93. The summed E-state index contributed by atoms with van der Waals surface area (Å²) in [7, 11) is 0. The maximum atomic E-state index is 12.0. The molecule has 3 nitrogen and oxygen atoms in total.